The average Bonchev–Trinajstić information content (AvgIpc) is 2.89. The molecular weight excluding hydrogens is 270 g/mol. The summed E-state index contributed by atoms with van der Waals surface area (Å²) in [6, 6.07) is 10.0. The van der Waals surface area contributed by atoms with Crippen LogP contribution in [0.25, 0.3) is 0 Å². The van der Waals surface area contributed by atoms with E-state index in [0.717, 1.165) is 22.9 Å². The molecule has 0 aliphatic rings. The summed E-state index contributed by atoms with van der Waals surface area (Å²) in [5.74, 6) is 3.90. The van der Waals surface area contributed by atoms with E-state index in [-0.39, 0.29) is 5.92 Å². The molecule has 0 radical (unpaired) electrons. The molecule has 0 fully saturated rings. The van der Waals surface area contributed by atoms with E-state index in [1.54, 1.807) is 0 Å². The van der Waals surface area contributed by atoms with Gasteiger partial charge in [0.25, 0.3) is 0 Å². The summed E-state index contributed by atoms with van der Waals surface area (Å²) >= 11 is 1.83. The lowest BCUT2D eigenvalue weighted by Crippen LogP contribution is -2.14. The van der Waals surface area contributed by atoms with Gasteiger partial charge in [-0.25, -0.2) is 0 Å². The van der Waals surface area contributed by atoms with Crippen molar-refractivity contribution in [2.24, 2.45) is 11.7 Å². The Bertz CT molecular complexity index is 513. The van der Waals surface area contributed by atoms with E-state index in [2.05, 4.69) is 24.0 Å². The average molecular weight is 291 g/mol. The molecule has 2 N–H and O–H groups in total. The smallest absolute Gasteiger partial charge is 0.235 e. The van der Waals surface area contributed by atoms with E-state index >= 15 is 0 Å². The van der Waals surface area contributed by atoms with Gasteiger partial charge >= 0.3 is 0 Å². The minimum atomic E-state index is -0.0208. The predicted octanol–water partition coefficient (Wildman–Crippen LogP) is 3.05. The van der Waals surface area contributed by atoms with Crippen molar-refractivity contribution >= 4 is 11.8 Å². The Balaban J connectivity index is 2.03. The van der Waals surface area contributed by atoms with E-state index in [1.807, 2.05) is 42.1 Å². The number of nitrogens with zero attached hydrogens (tertiary/aromatic N) is 2. The largest absolute Gasteiger partial charge is 0.339 e. The summed E-state index contributed by atoms with van der Waals surface area (Å²) in [6.07, 6.45) is 0. The van der Waals surface area contributed by atoms with E-state index in [1.165, 1.54) is 0 Å². The molecule has 1 unspecified atom stereocenters. The fraction of sp³-hybridized carbons (Fsp3) is 0.467. The van der Waals surface area contributed by atoms with Crippen molar-refractivity contribution < 1.29 is 4.52 Å². The third kappa shape index (κ3) is 4.08. The SMILES string of the molecule is CC(C)CSCc1noc(C(CN)c2ccccc2)n1. The Morgan fingerprint density at radius 2 is 2.00 bits per heavy atom. The highest BCUT2D eigenvalue weighted by atomic mass is 32.2. The normalized spacial score (nSPS) is 12.8. The van der Waals surface area contributed by atoms with E-state index in [9.17, 15) is 0 Å². The maximum Gasteiger partial charge on any atom is 0.235 e. The van der Waals surface area contributed by atoms with Crippen molar-refractivity contribution in [3.8, 4) is 0 Å². The van der Waals surface area contributed by atoms with Crippen molar-refractivity contribution in [3.63, 3.8) is 0 Å². The van der Waals surface area contributed by atoms with Crippen LogP contribution in [0.5, 0.6) is 0 Å². The molecular formula is C15H21N3OS. The van der Waals surface area contributed by atoms with Crippen LogP contribution < -0.4 is 5.73 Å². The van der Waals surface area contributed by atoms with Crippen LogP contribution in [0.4, 0.5) is 0 Å². The van der Waals surface area contributed by atoms with Gasteiger partial charge in [0.15, 0.2) is 5.82 Å². The number of rotatable bonds is 7. The standard InChI is InChI=1S/C15H21N3OS/c1-11(2)9-20-10-14-17-15(19-18-14)13(8-16)12-6-4-3-5-7-12/h3-7,11,13H,8-10,16H2,1-2H3. The molecule has 2 aromatic rings. The van der Waals surface area contributed by atoms with Crippen LogP contribution >= 0.6 is 11.8 Å². The number of thioether (sulfide) groups is 1. The molecule has 1 aromatic carbocycles. The third-order valence-corrected chi connectivity index (χ3v) is 4.27. The molecule has 2 rings (SSSR count). The molecule has 4 nitrogen and oxygen atoms in total. The van der Waals surface area contributed by atoms with Gasteiger partial charge in [-0.05, 0) is 17.2 Å². The predicted molar refractivity (Wildman–Crippen MR) is 82.6 cm³/mol. The van der Waals surface area contributed by atoms with Gasteiger partial charge in [0.05, 0.1) is 11.7 Å². The summed E-state index contributed by atoms with van der Waals surface area (Å²) in [6.45, 7) is 4.87. The molecule has 0 spiro atoms. The zero-order chi connectivity index (χ0) is 14.4. The maximum atomic E-state index is 5.85. The lowest BCUT2D eigenvalue weighted by Gasteiger charge is -2.09. The highest BCUT2D eigenvalue weighted by molar-refractivity contribution is 7.98. The van der Waals surface area contributed by atoms with Gasteiger partial charge in [-0.2, -0.15) is 16.7 Å². The van der Waals surface area contributed by atoms with Gasteiger partial charge < -0.3 is 10.3 Å². The highest BCUT2D eigenvalue weighted by Gasteiger charge is 2.19. The maximum absolute atomic E-state index is 5.85. The van der Waals surface area contributed by atoms with E-state index < -0.39 is 0 Å². The number of hydrogen-bond acceptors (Lipinski definition) is 5. The molecule has 20 heavy (non-hydrogen) atoms. The first-order valence-electron chi connectivity index (χ1n) is 6.86. The number of benzene rings is 1. The molecule has 5 heteroatoms. The topological polar surface area (TPSA) is 64.9 Å². The molecule has 1 aromatic heterocycles. The Morgan fingerprint density at radius 1 is 1.25 bits per heavy atom. The molecule has 108 valence electrons. The fourth-order valence-corrected chi connectivity index (χ4v) is 2.81. The summed E-state index contributed by atoms with van der Waals surface area (Å²) in [7, 11) is 0. The minimum absolute atomic E-state index is 0.0208. The Labute approximate surface area is 124 Å². The Hall–Kier alpha value is -1.33. The summed E-state index contributed by atoms with van der Waals surface area (Å²) in [4.78, 5) is 4.48. The zero-order valence-corrected chi connectivity index (χ0v) is 12.8. The lowest BCUT2D eigenvalue weighted by atomic mass is 9.99. The van der Waals surface area contributed by atoms with Crippen LogP contribution in [0.1, 0.15) is 37.0 Å². The van der Waals surface area contributed by atoms with Crippen molar-refractivity contribution in [1.82, 2.24) is 10.1 Å². The van der Waals surface area contributed by atoms with Crippen LogP contribution in [-0.2, 0) is 5.75 Å². The van der Waals surface area contributed by atoms with Gasteiger partial charge in [0, 0.05) is 6.54 Å². The van der Waals surface area contributed by atoms with Gasteiger partial charge in [-0.3, -0.25) is 0 Å². The van der Waals surface area contributed by atoms with Crippen molar-refractivity contribution in [3.05, 3.63) is 47.6 Å². The van der Waals surface area contributed by atoms with Crippen molar-refractivity contribution in [1.29, 1.82) is 0 Å². The highest BCUT2D eigenvalue weighted by Crippen LogP contribution is 2.23. The van der Waals surface area contributed by atoms with Crippen LogP contribution in [0, 0.1) is 5.92 Å². The van der Waals surface area contributed by atoms with Crippen molar-refractivity contribution in [2.45, 2.75) is 25.5 Å². The molecule has 1 heterocycles. The second-order valence-corrected chi connectivity index (χ2v) is 6.19. The van der Waals surface area contributed by atoms with Gasteiger partial charge in [-0.1, -0.05) is 49.3 Å². The molecule has 0 bridgehead atoms. The van der Waals surface area contributed by atoms with Crippen LogP contribution in [-0.4, -0.2) is 22.4 Å². The van der Waals surface area contributed by atoms with Gasteiger partial charge in [0.2, 0.25) is 5.89 Å². The molecule has 0 aliphatic carbocycles. The second-order valence-electron chi connectivity index (χ2n) is 5.16. The second kappa shape index (κ2) is 7.45. The molecule has 0 amide bonds. The first kappa shape index (κ1) is 15.1. The summed E-state index contributed by atoms with van der Waals surface area (Å²) < 4.78 is 5.38. The van der Waals surface area contributed by atoms with E-state index in [0.29, 0.717) is 18.4 Å². The third-order valence-electron chi connectivity index (χ3n) is 2.90. The number of aromatic nitrogens is 2. The van der Waals surface area contributed by atoms with Crippen molar-refractivity contribution in [2.75, 3.05) is 12.3 Å². The quantitative estimate of drug-likeness (QED) is 0.849. The number of nitrogens with two attached hydrogens (primary N) is 1. The van der Waals surface area contributed by atoms with Crippen LogP contribution in [0.2, 0.25) is 0 Å². The first-order valence-corrected chi connectivity index (χ1v) is 8.01. The van der Waals surface area contributed by atoms with Gasteiger partial charge in [-0.15, -0.1) is 0 Å². The monoisotopic (exact) mass is 291 g/mol. The minimum Gasteiger partial charge on any atom is -0.339 e. The molecule has 0 saturated carbocycles. The molecule has 0 aliphatic heterocycles. The Kier molecular flexibility index (Phi) is 5.61. The van der Waals surface area contributed by atoms with Crippen LogP contribution in [0.15, 0.2) is 34.9 Å². The first-order chi connectivity index (χ1) is 9.70. The summed E-state index contributed by atoms with van der Waals surface area (Å²) in [5.41, 5.74) is 6.96. The Morgan fingerprint density at radius 3 is 2.65 bits per heavy atom. The fourth-order valence-electron chi connectivity index (χ4n) is 1.92. The molecule has 0 saturated heterocycles. The van der Waals surface area contributed by atoms with Gasteiger partial charge in [0.1, 0.15) is 0 Å². The number of hydrogen-bond donors (Lipinski definition) is 1. The van der Waals surface area contributed by atoms with E-state index in [4.69, 9.17) is 10.3 Å². The molecule has 1 atom stereocenters. The zero-order valence-electron chi connectivity index (χ0n) is 12.0. The lowest BCUT2D eigenvalue weighted by molar-refractivity contribution is 0.363. The summed E-state index contributed by atoms with van der Waals surface area (Å²) in [5, 5.41) is 4.04. The van der Waals surface area contributed by atoms with Crippen LogP contribution in [0.3, 0.4) is 0 Å².